The lowest BCUT2D eigenvalue weighted by atomic mass is 10.2. The molecule has 0 aliphatic rings. The van der Waals surface area contributed by atoms with E-state index < -0.39 is 0 Å². The molecule has 0 atom stereocenters. The van der Waals surface area contributed by atoms with Crippen molar-refractivity contribution in [3.63, 3.8) is 0 Å². The second-order valence-corrected chi connectivity index (χ2v) is 5.01. The normalized spacial score (nSPS) is 10.2. The third-order valence-corrected chi connectivity index (χ3v) is 3.40. The number of rotatable bonds is 2. The monoisotopic (exact) mass is 304 g/mol. The first kappa shape index (κ1) is 12.7. The molecule has 1 aromatic heterocycles. The van der Waals surface area contributed by atoms with Crippen molar-refractivity contribution in [2.24, 2.45) is 7.05 Å². The summed E-state index contributed by atoms with van der Waals surface area (Å²) in [6.07, 6.45) is 0. The van der Waals surface area contributed by atoms with Crippen molar-refractivity contribution in [2.45, 2.75) is 13.8 Å². The Labute approximate surface area is 114 Å². The Bertz CT molecular complexity index is 637. The Morgan fingerprint density at radius 2 is 2.11 bits per heavy atom. The van der Waals surface area contributed by atoms with Crippen molar-refractivity contribution in [3.05, 3.63) is 39.5 Å². The smallest absolute Gasteiger partial charge is 0.146 e. The molecular formula is C13H13BrN4. The van der Waals surface area contributed by atoms with Gasteiger partial charge in [0.1, 0.15) is 17.5 Å². The zero-order chi connectivity index (χ0) is 13.3. The fraction of sp³-hybridized carbons (Fsp3) is 0.231. The van der Waals surface area contributed by atoms with Gasteiger partial charge in [0.05, 0.1) is 11.4 Å². The average molecular weight is 305 g/mol. The van der Waals surface area contributed by atoms with Crippen LogP contribution in [0.4, 0.5) is 11.5 Å². The van der Waals surface area contributed by atoms with Gasteiger partial charge in [-0.05, 0) is 47.5 Å². The van der Waals surface area contributed by atoms with Crippen molar-refractivity contribution < 1.29 is 0 Å². The van der Waals surface area contributed by atoms with Crippen molar-refractivity contribution >= 4 is 27.4 Å². The first-order valence-electron chi connectivity index (χ1n) is 5.50. The molecule has 0 aliphatic carbocycles. The first-order chi connectivity index (χ1) is 8.52. The summed E-state index contributed by atoms with van der Waals surface area (Å²) in [5, 5.41) is 16.7. The predicted molar refractivity (Wildman–Crippen MR) is 74.8 cm³/mol. The number of nitriles is 1. The van der Waals surface area contributed by atoms with Crippen LogP contribution in [-0.4, -0.2) is 9.78 Å². The second-order valence-electron chi connectivity index (χ2n) is 4.15. The summed E-state index contributed by atoms with van der Waals surface area (Å²) >= 11 is 3.49. The van der Waals surface area contributed by atoms with E-state index in [1.807, 2.05) is 39.1 Å². The fourth-order valence-electron chi connectivity index (χ4n) is 1.80. The molecule has 2 aromatic rings. The van der Waals surface area contributed by atoms with Gasteiger partial charge in [-0.1, -0.05) is 6.07 Å². The Balaban J connectivity index is 2.46. The zero-order valence-electron chi connectivity index (χ0n) is 10.5. The number of nitrogens with one attached hydrogen (secondary N) is 1. The van der Waals surface area contributed by atoms with Crippen molar-refractivity contribution in [2.75, 3.05) is 5.32 Å². The van der Waals surface area contributed by atoms with Gasteiger partial charge in [-0.25, -0.2) is 0 Å². The number of halogens is 1. The van der Waals surface area contributed by atoms with E-state index in [0.29, 0.717) is 11.4 Å². The average Bonchev–Trinajstić information content (AvgIpc) is 2.58. The van der Waals surface area contributed by atoms with Crippen LogP contribution >= 0.6 is 15.9 Å². The molecule has 0 saturated carbocycles. The van der Waals surface area contributed by atoms with Gasteiger partial charge >= 0.3 is 0 Å². The van der Waals surface area contributed by atoms with E-state index in [1.54, 1.807) is 4.68 Å². The molecule has 1 heterocycles. The van der Waals surface area contributed by atoms with Gasteiger partial charge < -0.3 is 5.32 Å². The largest absolute Gasteiger partial charge is 0.338 e. The Morgan fingerprint density at radius 1 is 1.39 bits per heavy atom. The van der Waals surface area contributed by atoms with E-state index in [4.69, 9.17) is 5.26 Å². The van der Waals surface area contributed by atoms with E-state index >= 15 is 0 Å². The lowest BCUT2D eigenvalue weighted by Gasteiger charge is -2.10. The molecule has 92 valence electrons. The topological polar surface area (TPSA) is 53.6 Å². The van der Waals surface area contributed by atoms with E-state index in [1.165, 1.54) is 0 Å². The number of anilines is 2. The molecule has 18 heavy (non-hydrogen) atoms. The lowest BCUT2D eigenvalue weighted by Crippen LogP contribution is -2.01. The summed E-state index contributed by atoms with van der Waals surface area (Å²) < 4.78 is 2.64. The Morgan fingerprint density at radius 3 is 2.78 bits per heavy atom. The quantitative estimate of drug-likeness (QED) is 0.925. The maximum absolute atomic E-state index is 9.16. The van der Waals surface area contributed by atoms with Crippen LogP contribution in [0.2, 0.25) is 0 Å². The van der Waals surface area contributed by atoms with Crippen molar-refractivity contribution in [3.8, 4) is 6.07 Å². The summed E-state index contributed by atoms with van der Waals surface area (Å²) in [5.74, 6) is 0.710. The Hall–Kier alpha value is -1.80. The van der Waals surface area contributed by atoms with Crippen LogP contribution < -0.4 is 5.32 Å². The number of benzene rings is 1. The van der Waals surface area contributed by atoms with Gasteiger partial charge in [-0.15, -0.1) is 0 Å². The highest BCUT2D eigenvalue weighted by Gasteiger charge is 2.13. The van der Waals surface area contributed by atoms with Gasteiger partial charge in [0.15, 0.2) is 0 Å². The number of hydrogen-bond acceptors (Lipinski definition) is 3. The lowest BCUT2D eigenvalue weighted by molar-refractivity contribution is 0.765. The zero-order valence-corrected chi connectivity index (χ0v) is 12.0. The predicted octanol–water partition coefficient (Wildman–Crippen LogP) is 3.41. The van der Waals surface area contributed by atoms with Gasteiger partial charge in [0.2, 0.25) is 0 Å². The van der Waals surface area contributed by atoms with Crippen LogP contribution in [0.3, 0.4) is 0 Å². The molecule has 0 spiro atoms. The number of aromatic nitrogens is 2. The molecule has 0 bridgehead atoms. The highest BCUT2D eigenvalue weighted by molar-refractivity contribution is 9.10. The SMILES string of the molecule is Cc1ccc(Br)c(Nc2c(C#N)c(C)nn2C)c1. The van der Waals surface area contributed by atoms with Crippen LogP contribution in [0.1, 0.15) is 16.8 Å². The van der Waals surface area contributed by atoms with Crippen LogP contribution in [-0.2, 0) is 7.05 Å². The van der Waals surface area contributed by atoms with E-state index in [9.17, 15) is 0 Å². The molecule has 0 aliphatic heterocycles. The molecule has 5 heteroatoms. The van der Waals surface area contributed by atoms with Crippen molar-refractivity contribution in [1.29, 1.82) is 5.26 Å². The minimum absolute atomic E-state index is 0.575. The third-order valence-electron chi connectivity index (χ3n) is 2.71. The Kier molecular flexibility index (Phi) is 3.39. The van der Waals surface area contributed by atoms with Gasteiger partial charge in [-0.3, -0.25) is 4.68 Å². The van der Waals surface area contributed by atoms with E-state index in [2.05, 4.69) is 32.4 Å². The highest BCUT2D eigenvalue weighted by Crippen LogP contribution is 2.28. The minimum Gasteiger partial charge on any atom is -0.338 e. The summed E-state index contributed by atoms with van der Waals surface area (Å²) in [6.45, 7) is 3.85. The van der Waals surface area contributed by atoms with E-state index in [0.717, 1.165) is 21.4 Å². The fourth-order valence-corrected chi connectivity index (χ4v) is 2.14. The van der Waals surface area contributed by atoms with Gasteiger partial charge in [0, 0.05) is 11.5 Å². The van der Waals surface area contributed by atoms with Crippen LogP contribution in [0.15, 0.2) is 22.7 Å². The molecule has 2 rings (SSSR count). The van der Waals surface area contributed by atoms with Crippen LogP contribution in [0, 0.1) is 25.2 Å². The maximum Gasteiger partial charge on any atom is 0.146 e. The maximum atomic E-state index is 9.16. The molecule has 1 N–H and O–H groups in total. The molecule has 0 unspecified atom stereocenters. The van der Waals surface area contributed by atoms with Crippen LogP contribution in [0.5, 0.6) is 0 Å². The highest BCUT2D eigenvalue weighted by atomic mass is 79.9. The number of nitrogens with zero attached hydrogens (tertiary/aromatic N) is 3. The molecule has 0 fully saturated rings. The standard InChI is InChI=1S/C13H13BrN4/c1-8-4-5-11(14)12(6-8)16-13-10(7-15)9(2)17-18(13)3/h4-6,16H,1-3H3. The van der Waals surface area contributed by atoms with E-state index in [-0.39, 0.29) is 0 Å². The summed E-state index contributed by atoms with van der Waals surface area (Å²) in [4.78, 5) is 0. The minimum atomic E-state index is 0.575. The molecule has 0 saturated heterocycles. The third kappa shape index (κ3) is 2.24. The number of hydrogen-bond donors (Lipinski definition) is 1. The summed E-state index contributed by atoms with van der Waals surface area (Å²) in [6, 6.07) is 8.20. The van der Waals surface area contributed by atoms with Crippen molar-refractivity contribution in [1.82, 2.24) is 9.78 Å². The summed E-state index contributed by atoms with van der Waals surface area (Å²) in [7, 11) is 1.82. The number of aryl methyl sites for hydroxylation is 3. The molecular weight excluding hydrogens is 292 g/mol. The molecule has 1 aromatic carbocycles. The van der Waals surface area contributed by atoms with Gasteiger partial charge in [0.25, 0.3) is 0 Å². The molecule has 4 nitrogen and oxygen atoms in total. The first-order valence-corrected chi connectivity index (χ1v) is 6.29. The second kappa shape index (κ2) is 4.83. The van der Waals surface area contributed by atoms with Gasteiger partial charge in [-0.2, -0.15) is 10.4 Å². The molecule has 0 radical (unpaired) electrons. The summed E-state index contributed by atoms with van der Waals surface area (Å²) in [5.41, 5.74) is 3.38. The molecule has 0 amide bonds. The van der Waals surface area contributed by atoms with Crippen LogP contribution in [0.25, 0.3) is 0 Å².